The maximum atomic E-state index is 13.8. The van der Waals surface area contributed by atoms with Gasteiger partial charge in [0.15, 0.2) is 34.9 Å². The second-order valence-corrected chi connectivity index (χ2v) is 27.1. The Morgan fingerprint density at radius 1 is 0.361 bits per heavy atom. The number of nitrogens with one attached hydrogen (secondary N) is 10. The minimum atomic E-state index is -0.463. The highest BCUT2D eigenvalue weighted by Crippen LogP contribution is 2.34. The lowest BCUT2D eigenvalue weighted by molar-refractivity contribution is 0.416. The van der Waals surface area contributed by atoms with E-state index >= 15 is 0 Å². The van der Waals surface area contributed by atoms with Crippen LogP contribution >= 0.6 is 11.6 Å². The summed E-state index contributed by atoms with van der Waals surface area (Å²) in [5.41, 5.74) is 14.0. The normalized spacial score (nSPS) is 10.7. The molecule has 38 nitrogen and oxygen atoms in total. The van der Waals surface area contributed by atoms with Crippen molar-refractivity contribution in [2.75, 3.05) is 140 Å². The molecule has 0 bridgehead atoms. The number of halogens is 2. The summed E-state index contributed by atoms with van der Waals surface area (Å²) in [6.45, 7) is 9.06. The Morgan fingerprint density at radius 3 is 1.19 bits per heavy atom. The number of nitrogens with zero attached hydrogens (tertiary/aromatic N) is 26. The fourth-order valence-corrected chi connectivity index (χ4v) is 12.6. The van der Waals surface area contributed by atoms with Crippen molar-refractivity contribution < 1.29 is 13.9 Å². The average molecular weight is 1670 g/mol. The van der Waals surface area contributed by atoms with Crippen molar-refractivity contribution in [2.24, 2.45) is 0 Å². The van der Waals surface area contributed by atoms with Gasteiger partial charge >= 0.3 is 0 Å². The van der Waals surface area contributed by atoms with Crippen LogP contribution in [-0.2, 0) is 6.42 Å². The molecule has 0 fully saturated rings. The summed E-state index contributed by atoms with van der Waals surface area (Å²) >= 11 is 5.98. The third-order valence-corrected chi connectivity index (χ3v) is 19.0. The molecule has 0 aliphatic heterocycles. The molecule has 122 heavy (non-hydrogen) atoms. The number of aryl methyl sites for hydroxylation is 4. The van der Waals surface area contributed by atoms with Crippen molar-refractivity contribution >= 4 is 145 Å². The molecule has 18 rings (SSSR count). The number of rotatable bonds is 22. The summed E-state index contributed by atoms with van der Waals surface area (Å²) in [6, 6.07) is 43.1. The molecule has 0 unspecified atom stereocenters. The van der Waals surface area contributed by atoms with Crippen molar-refractivity contribution in [1.82, 2.24) is 117 Å². The zero-order valence-corrected chi connectivity index (χ0v) is 70.0. The number of hydrogen-bond donors (Lipinski definition) is 10. The Balaban J connectivity index is 0.000000126. The van der Waals surface area contributed by atoms with E-state index in [-0.39, 0.29) is 10.7 Å². The molecular weight excluding hydrogens is 1580 g/mol. The Kier molecular flexibility index (Phi) is 27.1. The molecule has 6 aromatic carbocycles. The average Bonchev–Trinajstić information content (AvgIpc) is 1.69. The third-order valence-electron chi connectivity index (χ3n) is 18.7. The van der Waals surface area contributed by atoms with Gasteiger partial charge in [-0.05, 0) is 111 Å². The summed E-state index contributed by atoms with van der Waals surface area (Å²) in [6.07, 6.45) is 22.0. The largest absolute Gasteiger partial charge is 0.495 e. The van der Waals surface area contributed by atoms with Gasteiger partial charge in [0.2, 0.25) is 69.6 Å². The zero-order valence-electron chi connectivity index (χ0n) is 69.2. The molecule has 0 saturated carbocycles. The SMILES string of the molecule is CNc1nnc2c(N(C)c3ccc(C)cc3)nccn12.CNc1nnc2c(N(C)c3cccc(C)c3)nccn12.CNc1nnc2c(NCCc3ccc(C)cc3)nccn12.CNc1nnc2c(Nc3c(F)cccc3Cl)nccn12.CNc1nnc2c(Nc3ccc(C)cc3OC)nccn12.CNc1nnc2c(Nc3ccccc3OC)nccn12. The summed E-state index contributed by atoms with van der Waals surface area (Å²) in [5, 5.41) is 79.9. The number of hydrogen-bond acceptors (Lipinski definition) is 32. The fraction of sp³-hybridized carbons (Fsp3) is 0.195. The van der Waals surface area contributed by atoms with Crippen molar-refractivity contribution in [3.05, 3.63) is 246 Å². The molecule has 0 aliphatic rings. The number of methoxy groups -OCH3 is 2. The van der Waals surface area contributed by atoms with E-state index in [4.69, 9.17) is 21.1 Å². The molecule has 624 valence electrons. The highest BCUT2D eigenvalue weighted by molar-refractivity contribution is 6.33. The van der Waals surface area contributed by atoms with E-state index in [9.17, 15) is 4.39 Å². The predicted molar refractivity (Wildman–Crippen MR) is 476 cm³/mol. The maximum Gasteiger partial charge on any atom is 0.228 e. The lowest BCUT2D eigenvalue weighted by atomic mass is 10.1. The quantitative estimate of drug-likeness (QED) is 0.0301. The monoisotopic (exact) mass is 1660 g/mol. The second kappa shape index (κ2) is 39.3. The number of fused-ring (bicyclic) bond motifs is 6. The first-order valence-corrected chi connectivity index (χ1v) is 38.5. The number of para-hydroxylation sites is 3. The maximum absolute atomic E-state index is 13.8. The van der Waals surface area contributed by atoms with Gasteiger partial charge in [0.05, 0.1) is 36.3 Å². The van der Waals surface area contributed by atoms with E-state index in [2.05, 4.69) is 226 Å². The molecule has 0 spiro atoms. The van der Waals surface area contributed by atoms with Crippen LogP contribution in [0.4, 0.5) is 103 Å². The van der Waals surface area contributed by atoms with Crippen LogP contribution in [0.2, 0.25) is 5.02 Å². The van der Waals surface area contributed by atoms with Gasteiger partial charge in [-0.2, -0.15) is 0 Å². The summed E-state index contributed by atoms with van der Waals surface area (Å²) in [5.74, 6) is 8.90. The van der Waals surface area contributed by atoms with E-state index in [1.165, 1.54) is 34.4 Å². The van der Waals surface area contributed by atoms with Gasteiger partial charge in [-0.25, -0.2) is 34.3 Å². The summed E-state index contributed by atoms with van der Waals surface area (Å²) in [7, 11) is 18.0. The topological polar surface area (TPSA) is 404 Å². The lowest BCUT2D eigenvalue weighted by Gasteiger charge is -2.18. The Morgan fingerprint density at radius 2 is 0.738 bits per heavy atom. The van der Waals surface area contributed by atoms with Crippen LogP contribution in [0.1, 0.15) is 27.8 Å². The first kappa shape index (κ1) is 84.0. The van der Waals surface area contributed by atoms with Gasteiger partial charge in [-0.1, -0.05) is 95.5 Å². The van der Waals surface area contributed by atoms with E-state index in [1.54, 1.807) is 102 Å². The molecule has 40 heteroatoms. The molecule has 12 aromatic heterocycles. The van der Waals surface area contributed by atoms with Gasteiger partial charge in [-0.3, -0.25) is 26.4 Å². The lowest BCUT2D eigenvalue weighted by Crippen LogP contribution is -2.13. The van der Waals surface area contributed by atoms with Gasteiger partial charge in [0.1, 0.15) is 17.3 Å². The summed E-state index contributed by atoms with van der Waals surface area (Å²) in [4.78, 5) is 30.0. The predicted octanol–water partition coefficient (Wildman–Crippen LogP) is 13.5. The molecule has 0 aliphatic carbocycles. The minimum Gasteiger partial charge on any atom is -0.495 e. The second-order valence-electron chi connectivity index (χ2n) is 26.7. The van der Waals surface area contributed by atoms with Crippen LogP contribution in [-0.4, -0.2) is 195 Å². The molecule has 10 N–H and O–H groups in total. The first-order chi connectivity index (χ1) is 59.4. The van der Waals surface area contributed by atoms with Crippen molar-refractivity contribution in [3.63, 3.8) is 0 Å². The third kappa shape index (κ3) is 19.2. The van der Waals surface area contributed by atoms with Gasteiger partial charge in [-0.15, -0.1) is 61.2 Å². The molecule has 0 atom stereocenters. The van der Waals surface area contributed by atoms with E-state index in [1.807, 2.05) is 147 Å². The number of anilines is 17. The number of aromatic nitrogens is 24. The Labute approximate surface area is 704 Å². The van der Waals surface area contributed by atoms with Gasteiger partial charge in [0.25, 0.3) is 0 Å². The van der Waals surface area contributed by atoms with Crippen LogP contribution in [0.3, 0.4) is 0 Å². The Hall–Kier alpha value is -16.0. The molecule has 12 heterocycles. The van der Waals surface area contributed by atoms with E-state index < -0.39 is 5.82 Å². The molecule has 0 saturated heterocycles. The number of benzene rings is 6. The zero-order chi connectivity index (χ0) is 85.8. The minimum absolute atomic E-state index is 0.156. The molecule has 18 aromatic rings. The molecule has 0 amide bonds. The van der Waals surface area contributed by atoms with Crippen LogP contribution in [0.5, 0.6) is 11.5 Å². The molecular formula is C82H90ClFN36O2. The highest BCUT2D eigenvalue weighted by Gasteiger charge is 2.20. The smallest absolute Gasteiger partial charge is 0.228 e. The van der Waals surface area contributed by atoms with Crippen LogP contribution in [0, 0.1) is 33.5 Å². The van der Waals surface area contributed by atoms with E-state index in [0.717, 1.165) is 87.2 Å². The first-order valence-electron chi connectivity index (χ1n) is 38.1. The van der Waals surface area contributed by atoms with Crippen molar-refractivity contribution in [3.8, 4) is 11.5 Å². The number of ether oxygens (including phenoxy) is 2. The van der Waals surface area contributed by atoms with Crippen molar-refractivity contribution in [1.29, 1.82) is 0 Å². The standard InChI is InChI=1S/C15H18N6.C14H16N6O.2C14H16N6.C13H14N6O.C12H10ClFN6/c1-11-3-5-12(6-4-11)7-8-17-13-14-19-20-15(16-2)21(14)10-9-18-13;1-9-4-5-10(11(8-9)21-3)17-12-13-18-19-14(15-2)20(13)7-6-16-12;1-10-4-6-11(7-5-10)19(3)12-13-17-18-14(15-2)20(13)9-8-16-12;1-10-5-4-6-11(9-10)19(3)12-13-17-18-14(15-2)20(13)8-7-16-12;1-14-13-18-17-12-11(15-7-8-19(12)13)16-9-5-3-4-6-10(9)20-2;1-15-12-19-18-11-10(16-5-6-20(11)12)17-9-7(13)3-2-4-8(9)14/h3-6,9-10H,7-8H2,1-2H3,(H,16,20)(H,17,18);4-8H,1-3H3,(H,15,19)(H,16,17);2*4-9H,1-3H3,(H,15,18);3-8H,1-2H3,(H,14,18)(H,15,16);2-6H,1H3,(H,15,19)(H,16,17). The van der Waals surface area contributed by atoms with Crippen LogP contribution in [0.25, 0.3) is 33.9 Å². The van der Waals surface area contributed by atoms with Crippen LogP contribution in [0.15, 0.2) is 208 Å². The molecule has 0 radical (unpaired) electrons. The van der Waals surface area contributed by atoms with E-state index in [0.29, 0.717) is 70.1 Å². The summed E-state index contributed by atoms with van der Waals surface area (Å²) < 4.78 is 35.5. The highest BCUT2D eigenvalue weighted by atomic mass is 35.5. The van der Waals surface area contributed by atoms with Gasteiger partial charge < -0.3 is 72.4 Å². The van der Waals surface area contributed by atoms with Crippen LogP contribution < -0.4 is 72.4 Å². The van der Waals surface area contributed by atoms with Crippen molar-refractivity contribution in [2.45, 2.75) is 34.1 Å². The Bertz CT molecular complexity index is 6510. The fourth-order valence-electron chi connectivity index (χ4n) is 12.4. The van der Waals surface area contributed by atoms with Gasteiger partial charge in [0, 0.05) is 149 Å².